The molecule has 1 aliphatic rings. The van der Waals surface area contributed by atoms with Crippen LogP contribution in [0.1, 0.15) is 46.0 Å². The predicted molar refractivity (Wildman–Crippen MR) is 197 cm³/mol. The highest BCUT2D eigenvalue weighted by atomic mass is 32.2. The van der Waals surface area contributed by atoms with Crippen molar-refractivity contribution in [3.05, 3.63) is 72.8 Å². The van der Waals surface area contributed by atoms with Crippen molar-refractivity contribution in [2.75, 3.05) is 28.3 Å². The SMILES string of the molecule is C=C(C)C(=O)Sc1ccc(SCCSc2nc(NC3CCCCC3)nc(SCCSc3ccc(SC(=O)C(=C)C)cc3)n2)cc1. The molecule has 1 N–H and O–H groups in total. The molecule has 0 radical (unpaired) electrons. The van der Waals surface area contributed by atoms with Crippen LogP contribution >= 0.6 is 70.6 Å². The van der Waals surface area contributed by atoms with Crippen LogP contribution in [0.4, 0.5) is 5.95 Å². The van der Waals surface area contributed by atoms with Crippen LogP contribution in [-0.2, 0) is 9.59 Å². The Kier molecular flexibility index (Phi) is 15.3. The first-order chi connectivity index (χ1) is 21.7. The Bertz CT molecular complexity index is 1360. The zero-order valence-corrected chi connectivity index (χ0v) is 30.5. The van der Waals surface area contributed by atoms with Crippen molar-refractivity contribution in [3.63, 3.8) is 0 Å². The smallest absolute Gasteiger partial charge is 0.227 e. The Labute approximate surface area is 292 Å². The lowest BCUT2D eigenvalue weighted by Crippen LogP contribution is -2.24. The molecule has 2 aromatic carbocycles. The number of thioether (sulfide) groups is 6. The number of carbonyl (C=O) groups excluding carboxylic acids is 2. The van der Waals surface area contributed by atoms with Crippen LogP contribution in [0.15, 0.2) is 103 Å². The van der Waals surface area contributed by atoms with E-state index in [1.807, 2.05) is 24.3 Å². The van der Waals surface area contributed by atoms with Crippen molar-refractivity contribution >= 4 is 86.8 Å². The van der Waals surface area contributed by atoms with Gasteiger partial charge in [-0.15, -0.1) is 23.5 Å². The summed E-state index contributed by atoms with van der Waals surface area (Å²) in [6.45, 7) is 10.9. The Morgan fingerprint density at radius 1 is 0.644 bits per heavy atom. The number of anilines is 1. The van der Waals surface area contributed by atoms with Gasteiger partial charge < -0.3 is 5.32 Å². The molecule has 12 heteroatoms. The minimum absolute atomic E-state index is 0.00320. The fraction of sp³-hybridized carbons (Fsp3) is 0.364. The molecule has 0 atom stereocenters. The van der Waals surface area contributed by atoms with Crippen molar-refractivity contribution in [2.24, 2.45) is 0 Å². The number of nitrogens with one attached hydrogen (secondary N) is 1. The third-order valence-corrected chi connectivity index (χ3v) is 12.8. The molecule has 1 saturated carbocycles. The van der Waals surface area contributed by atoms with Crippen LogP contribution < -0.4 is 5.32 Å². The Morgan fingerprint density at radius 3 is 1.47 bits per heavy atom. The Hall–Kier alpha value is -1.83. The van der Waals surface area contributed by atoms with Gasteiger partial charge in [-0.05, 0) is 110 Å². The highest BCUT2D eigenvalue weighted by molar-refractivity contribution is 8.14. The summed E-state index contributed by atoms with van der Waals surface area (Å²) in [7, 11) is 0. The standard InChI is InChI=1S/C33H38N4O2S6/c1-22(2)29(38)44-27-14-10-25(11-15-27)40-18-20-42-32-35-31(34-24-8-6-5-7-9-24)36-33(37-32)43-21-19-41-26-12-16-28(17-13-26)45-30(39)23(3)4/h10-17,24H,1,3,5-9,18-21H2,2,4H3,(H,34,35,36,37). The van der Waals surface area contributed by atoms with Crippen molar-refractivity contribution in [1.82, 2.24) is 15.0 Å². The van der Waals surface area contributed by atoms with E-state index in [1.165, 1.54) is 52.6 Å². The number of carbonyl (C=O) groups is 2. The number of hydrogen-bond acceptors (Lipinski definition) is 12. The van der Waals surface area contributed by atoms with Crippen molar-refractivity contribution in [3.8, 4) is 0 Å². The quantitative estimate of drug-likeness (QED) is 0.0871. The average Bonchev–Trinajstić information content (AvgIpc) is 3.03. The third kappa shape index (κ3) is 13.1. The van der Waals surface area contributed by atoms with Crippen molar-refractivity contribution in [2.45, 2.75) is 81.9 Å². The number of benzene rings is 2. The van der Waals surface area contributed by atoms with Gasteiger partial charge in [0.25, 0.3) is 0 Å². The summed E-state index contributed by atoms with van der Waals surface area (Å²) in [6, 6.07) is 16.6. The zero-order chi connectivity index (χ0) is 32.0. The summed E-state index contributed by atoms with van der Waals surface area (Å²) in [5, 5.41) is 5.08. The maximum absolute atomic E-state index is 11.9. The van der Waals surface area contributed by atoms with Gasteiger partial charge in [0, 0.05) is 48.6 Å². The molecule has 0 amide bonds. The summed E-state index contributed by atoms with van der Waals surface area (Å²) in [4.78, 5) is 42.3. The van der Waals surface area contributed by atoms with E-state index in [0.29, 0.717) is 23.1 Å². The first-order valence-electron chi connectivity index (χ1n) is 14.7. The summed E-state index contributed by atoms with van der Waals surface area (Å²) in [5.74, 6) is 4.24. The van der Waals surface area contributed by atoms with Crippen LogP contribution in [0.3, 0.4) is 0 Å². The summed E-state index contributed by atoms with van der Waals surface area (Å²) >= 11 is 9.30. The molecule has 1 aliphatic carbocycles. The van der Waals surface area contributed by atoms with E-state index in [9.17, 15) is 9.59 Å². The first kappa shape index (κ1) is 36.0. The molecule has 1 heterocycles. The van der Waals surface area contributed by atoms with Gasteiger partial charge in [0.2, 0.25) is 16.2 Å². The molecule has 0 spiro atoms. The highest BCUT2D eigenvalue weighted by Crippen LogP contribution is 2.30. The molecule has 0 saturated heterocycles. The monoisotopic (exact) mass is 714 g/mol. The zero-order valence-electron chi connectivity index (χ0n) is 25.6. The summed E-state index contributed by atoms with van der Waals surface area (Å²) in [6.07, 6.45) is 6.10. The Balaban J connectivity index is 1.28. The molecule has 238 valence electrons. The largest absolute Gasteiger partial charge is 0.351 e. The van der Waals surface area contributed by atoms with Gasteiger partial charge in [0.1, 0.15) is 0 Å². The van der Waals surface area contributed by atoms with E-state index in [1.54, 1.807) is 60.9 Å². The van der Waals surface area contributed by atoms with Gasteiger partial charge in [0.05, 0.1) is 0 Å². The maximum Gasteiger partial charge on any atom is 0.227 e. The second-order valence-corrected chi connectivity index (χ2v) is 16.9. The minimum Gasteiger partial charge on any atom is -0.351 e. The minimum atomic E-state index is -0.00320. The Morgan fingerprint density at radius 2 is 1.04 bits per heavy atom. The predicted octanol–water partition coefficient (Wildman–Crippen LogP) is 9.77. The molecule has 0 unspecified atom stereocenters. The lowest BCUT2D eigenvalue weighted by Gasteiger charge is -2.22. The van der Waals surface area contributed by atoms with Crippen LogP contribution in [0.25, 0.3) is 0 Å². The number of hydrogen-bond donors (Lipinski definition) is 1. The van der Waals surface area contributed by atoms with Crippen LogP contribution in [0.2, 0.25) is 0 Å². The second-order valence-electron chi connectivity index (χ2n) is 10.4. The molecule has 45 heavy (non-hydrogen) atoms. The van der Waals surface area contributed by atoms with E-state index in [2.05, 4.69) is 42.7 Å². The van der Waals surface area contributed by atoms with E-state index >= 15 is 0 Å². The highest BCUT2D eigenvalue weighted by Gasteiger charge is 2.16. The van der Waals surface area contributed by atoms with Gasteiger partial charge in [-0.2, -0.15) is 15.0 Å². The van der Waals surface area contributed by atoms with E-state index < -0.39 is 0 Å². The van der Waals surface area contributed by atoms with Crippen LogP contribution in [0, 0.1) is 0 Å². The van der Waals surface area contributed by atoms with Gasteiger partial charge in [-0.3, -0.25) is 9.59 Å². The maximum atomic E-state index is 11.9. The number of aromatic nitrogens is 3. The fourth-order valence-corrected chi connectivity index (χ4v) is 8.95. The molecule has 6 nitrogen and oxygen atoms in total. The van der Waals surface area contributed by atoms with Crippen LogP contribution in [-0.4, -0.2) is 54.2 Å². The lowest BCUT2D eigenvalue weighted by atomic mass is 9.96. The number of rotatable bonds is 16. The third-order valence-electron chi connectivity index (χ3n) is 6.46. The molecule has 1 aromatic heterocycles. The lowest BCUT2D eigenvalue weighted by molar-refractivity contribution is -0.108. The first-order valence-corrected chi connectivity index (χ1v) is 20.3. The molecule has 4 rings (SSSR count). The second kappa shape index (κ2) is 19.1. The normalized spacial score (nSPS) is 13.4. The average molecular weight is 715 g/mol. The van der Waals surface area contributed by atoms with Gasteiger partial charge in [-0.25, -0.2) is 0 Å². The summed E-state index contributed by atoms with van der Waals surface area (Å²) in [5.41, 5.74) is 1.11. The van der Waals surface area contributed by atoms with Crippen LogP contribution in [0.5, 0.6) is 0 Å². The molecule has 0 bridgehead atoms. The van der Waals surface area contributed by atoms with Gasteiger partial charge in [-0.1, -0.05) is 55.9 Å². The number of nitrogens with zero attached hydrogens (tertiary/aromatic N) is 3. The molecular formula is C33H38N4O2S6. The van der Waals surface area contributed by atoms with Gasteiger partial charge in [0.15, 0.2) is 10.3 Å². The molecule has 0 aliphatic heterocycles. The molecule has 3 aromatic rings. The van der Waals surface area contributed by atoms with Crippen molar-refractivity contribution < 1.29 is 9.59 Å². The van der Waals surface area contributed by atoms with E-state index in [-0.39, 0.29) is 10.2 Å². The van der Waals surface area contributed by atoms with E-state index in [4.69, 9.17) is 15.0 Å². The topological polar surface area (TPSA) is 84.8 Å². The van der Waals surface area contributed by atoms with Crippen molar-refractivity contribution in [1.29, 1.82) is 0 Å². The summed E-state index contributed by atoms with van der Waals surface area (Å²) < 4.78 is 0. The molecule has 1 fully saturated rings. The fourth-order valence-electron chi connectivity index (χ4n) is 4.14. The van der Waals surface area contributed by atoms with Gasteiger partial charge >= 0.3 is 0 Å². The van der Waals surface area contributed by atoms with E-state index in [0.717, 1.165) is 56.0 Å². The molecular weight excluding hydrogens is 677 g/mol.